The number of carbonyl (C=O) groups is 3. The van der Waals surface area contributed by atoms with Crippen LogP contribution in [0.2, 0.25) is 0 Å². The molecule has 8 atom stereocenters. The number of halogens is 1. The molecule has 2 aromatic carbocycles. The molecule has 3 aliphatic carbocycles. The third-order valence-electron chi connectivity index (χ3n) is 10.1. The fourth-order valence-electron chi connectivity index (χ4n) is 7.65. The molecular formula is C34H44FN2O8PS. The van der Waals surface area contributed by atoms with E-state index >= 15 is 0 Å². The zero-order chi connectivity index (χ0) is 34.3. The molecular weight excluding hydrogens is 646 g/mol. The molecule has 2 bridgehead atoms. The Hall–Kier alpha value is -3.24. The number of rotatable bonds is 10. The van der Waals surface area contributed by atoms with Crippen LogP contribution in [0.4, 0.5) is 10.1 Å². The Balaban J connectivity index is 1.37. The summed E-state index contributed by atoms with van der Waals surface area (Å²) in [6.45, 7) is 2.82. The molecule has 0 aromatic heterocycles. The first kappa shape index (κ1) is 35.1. The van der Waals surface area contributed by atoms with Crippen LogP contribution in [-0.2, 0) is 24.2 Å². The van der Waals surface area contributed by atoms with E-state index < -0.39 is 26.5 Å². The number of anilines is 1. The smallest absolute Gasteiger partial charge is 0.308 e. The fourth-order valence-corrected chi connectivity index (χ4v) is 9.06. The van der Waals surface area contributed by atoms with Crippen LogP contribution in [0.5, 0.6) is 11.5 Å². The number of carbonyl (C=O) groups excluding carboxylic acids is 3. The minimum Gasteiger partial charge on any atom is -0.496 e. The SMILES string of the molecule is COC(=O)C1CCCC(Oc2cc(C(=O)N(C)[C@@H]3[C@H]4CC[C@H](C4)[C@@H]3C(=O)Nc3cccc(S(=O)(=O)C(C)(F)P)c3)c(OC)cc2C)C1. The summed E-state index contributed by atoms with van der Waals surface area (Å²) in [5.74, 6) is -0.535. The van der Waals surface area contributed by atoms with Crippen molar-refractivity contribution in [1.82, 2.24) is 4.90 Å². The summed E-state index contributed by atoms with van der Waals surface area (Å²) in [6, 6.07) is 8.62. The topological polar surface area (TPSA) is 128 Å². The molecule has 3 saturated carbocycles. The maximum Gasteiger partial charge on any atom is 0.308 e. The first-order chi connectivity index (χ1) is 22.2. The Morgan fingerprint density at radius 2 is 1.74 bits per heavy atom. The van der Waals surface area contributed by atoms with Gasteiger partial charge in [-0.25, -0.2) is 12.8 Å². The van der Waals surface area contributed by atoms with Gasteiger partial charge in [-0.3, -0.25) is 14.4 Å². The number of methoxy groups -OCH3 is 2. The number of hydrogen-bond acceptors (Lipinski definition) is 8. The number of sulfone groups is 1. The van der Waals surface area contributed by atoms with E-state index in [0.717, 1.165) is 51.0 Å². The molecule has 4 unspecified atom stereocenters. The van der Waals surface area contributed by atoms with Gasteiger partial charge in [-0.15, -0.1) is 0 Å². The van der Waals surface area contributed by atoms with Crippen molar-refractivity contribution in [3.8, 4) is 11.5 Å². The Kier molecular flexibility index (Phi) is 10.2. The van der Waals surface area contributed by atoms with E-state index in [1.165, 1.54) is 32.4 Å². The zero-order valence-corrected chi connectivity index (χ0v) is 29.4. The van der Waals surface area contributed by atoms with Gasteiger partial charge >= 0.3 is 5.97 Å². The number of benzene rings is 2. The quantitative estimate of drug-likeness (QED) is 0.255. The van der Waals surface area contributed by atoms with E-state index in [2.05, 4.69) is 5.32 Å². The second-order valence-corrected chi connectivity index (χ2v) is 17.0. The highest BCUT2D eigenvalue weighted by atomic mass is 32.2. The molecule has 10 nitrogen and oxygen atoms in total. The summed E-state index contributed by atoms with van der Waals surface area (Å²) in [5.41, 5.74) is 1.33. The van der Waals surface area contributed by atoms with Crippen molar-refractivity contribution in [2.24, 2.45) is 23.7 Å². The minimum absolute atomic E-state index is 0.0567. The highest BCUT2D eigenvalue weighted by Gasteiger charge is 2.53. The molecule has 13 heteroatoms. The van der Waals surface area contributed by atoms with Crippen molar-refractivity contribution in [3.05, 3.63) is 47.5 Å². The predicted molar refractivity (Wildman–Crippen MR) is 178 cm³/mol. The summed E-state index contributed by atoms with van der Waals surface area (Å²) in [6.07, 6.45) is 5.22. The first-order valence-electron chi connectivity index (χ1n) is 16.0. The molecule has 1 N–H and O–H groups in total. The number of fused-ring (bicyclic) bond motifs is 2. The van der Waals surface area contributed by atoms with Gasteiger partial charge in [0.05, 0.1) is 42.6 Å². The van der Waals surface area contributed by atoms with Gasteiger partial charge in [0.15, 0.2) is 0 Å². The van der Waals surface area contributed by atoms with Crippen molar-refractivity contribution < 1.29 is 41.4 Å². The molecule has 47 heavy (non-hydrogen) atoms. The molecule has 5 rings (SSSR count). The van der Waals surface area contributed by atoms with Crippen molar-refractivity contribution in [1.29, 1.82) is 0 Å². The molecule has 0 radical (unpaired) electrons. The number of alkyl halides is 1. The number of hydrogen-bond donors (Lipinski definition) is 1. The van der Waals surface area contributed by atoms with E-state index in [1.807, 2.05) is 6.92 Å². The van der Waals surface area contributed by atoms with Crippen LogP contribution in [0.25, 0.3) is 0 Å². The van der Waals surface area contributed by atoms with Crippen LogP contribution in [0.3, 0.4) is 0 Å². The minimum atomic E-state index is -4.31. The average Bonchev–Trinajstić information content (AvgIpc) is 3.66. The largest absolute Gasteiger partial charge is 0.496 e. The van der Waals surface area contributed by atoms with Crippen molar-refractivity contribution >= 4 is 42.5 Å². The zero-order valence-electron chi connectivity index (χ0n) is 27.5. The number of esters is 1. The van der Waals surface area contributed by atoms with E-state index in [0.29, 0.717) is 23.5 Å². The summed E-state index contributed by atoms with van der Waals surface area (Å²) in [4.78, 5) is 41.6. The number of aryl methyl sites for hydroxylation is 1. The lowest BCUT2D eigenvalue weighted by atomic mass is 9.82. The van der Waals surface area contributed by atoms with Gasteiger partial charge in [-0.1, -0.05) is 15.3 Å². The van der Waals surface area contributed by atoms with Gasteiger partial charge in [0.1, 0.15) is 11.5 Å². The summed E-state index contributed by atoms with van der Waals surface area (Å²) < 4.78 is 54.2. The second kappa shape index (κ2) is 13.7. The van der Waals surface area contributed by atoms with Crippen LogP contribution in [0.1, 0.15) is 67.8 Å². The molecule has 0 heterocycles. The number of ether oxygens (including phenoxy) is 3. The van der Waals surface area contributed by atoms with Gasteiger partial charge < -0.3 is 24.4 Å². The highest BCUT2D eigenvalue weighted by Crippen LogP contribution is 2.51. The summed E-state index contributed by atoms with van der Waals surface area (Å²) in [5, 5.41) is 2.85. The van der Waals surface area contributed by atoms with E-state index in [-0.39, 0.29) is 52.2 Å². The lowest BCUT2D eigenvalue weighted by Crippen LogP contribution is -2.49. The van der Waals surface area contributed by atoms with Crippen LogP contribution in [0.15, 0.2) is 41.3 Å². The Morgan fingerprint density at radius 3 is 2.43 bits per heavy atom. The van der Waals surface area contributed by atoms with Gasteiger partial charge in [0.25, 0.3) is 5.91 Å². The summed E-state index contributed by atoms with van der Waals surface area (Å²) in [7, 11) is 1.97. The molecule has 0 spiro atoms. The predicted octanol–water partition coefficient (Wildman–Crippen LogP) is 5.53. The Bertz CT molecular complexity index is 1640. The number of nitrogens with one attached hydrogen (secondary N) is 1. The first-order valence-corrected chi connectivity index (χ1v) is 18.1. The third-order valence-corrected chi connectivity index (χ3v) is 12.9. The fraction of sp³-hybridized carbons (Fsp3) is 0.559. The Labute approximate surface area is 278 Å². The molecule has 3 fully saturated rings. The standard InChI is InChI=1S/C34H44FN2O8PS/c1-19-14-28(43-4)26(18-27(19)45-24-10-6-8-22(16-24)33(40)44-5)32(39)37(3)30-21-13-12-20(15-21)29(30)31(38)36-23-9-7-11-25(17-23)47(41,42)34(2,35)46/h7,9,11,14,17-18,20-22,24,29-30H,6,8,10,12-13,15-16,46H2,1-5H3,(H,36,38)/t20-,21+,22?,24?,29+,30-,34?/m1/s1. The highest BCUT2D eigenvalue weighted by molar-refractivity contribution is 7.96. The molecule has 0 aliphatic heterocycles. The van der Waals surface area contributed by atoms with Crippen LogP contribution >= 0.6 is 9.24 Å². The normalized spacial score (nSPS) is 26.6. The molecule has 256 valence electrons. The summed E-state index contributed by atoms with van der Waals surface area (Å²) >= 11 is 0. The lowest BCUT2D eigenvalue weighted by molar-refractivity contribution is -0.147. The Morgan fingerprint density at radius 1 is 1.02 bits per heavy atom. The number of amides is 2. The molecule has 2 amide bonds. The second-order valence-electron chi connectivity index (χ2n) is 13.2. The molecule has 3 aliphatic rings. The average molecular weight is 691 g/mol. The maximum atomic E-state index is 14.4. The van der Waals surface area contributed by atoms with Crippen LogP contribution in [0, 0.1) is 30.6 Å². The van der Waals surface area contributed by atoms with E-state index in [1.54, 1.807) is 39.4 Å². The van der Waals surface area contributed by atoms with Gasteiger partial charge in [0.2, 0.25) is 20.5 Å². The van der Waals surface area contributed by atoms with Crippen molar-refractivity contribution in [2.75, 3.05) is 26.6 Å². The van der Waals surface area contributed by atoms with Gasteiger partial charge in [-0.05, 0) is 107 Å². The molecule has 0 saturated heterocycles. The third kappa shape index (κ3) is 7.00. The maximum absolute atomic E-state index is 14.4. The van der Waals surface area contributed by atoms with Gasteiger partial charge in [-0.2, -0.15) is 0 Å². The van der Waals surface area contributed by atoms with E-state index in [4.69, 9.17) is 14.2 Å². The lowest BCUT2D eigenvalue weighted by Gasteiger charge is -2.37. The van der Waals surface area contributed by atoms with Crippen molar-refractivity contribution in [2.45, 2.75) is 80.6 Å². The number of nitrogens with zero attached hydrogens (tertiary/aromatic N) is 1. The van der Waals surface area contributed by atoms with Crippen molar-refractivity contribution in [3.63, 3.8) is 0 Å². The van der Waals surface area contributed by atoms with Crippen LogP contribution in [-0.4, -0.2) is 69.3 Å². The monoisotopic (exact) mass is 690 g/mol. The van der Waals surface area contributed by atoms with E-state index in [9.17, 15) is 27.2 Å². The van der Waals surface area contributed by atoms with Crippen LogP contribution < -0.4 is 14.8 Å². The molecule has 2 aromatic rings. The van der Waals surface area contributed by atoms with Gasteiger partial charge in [0, 0.05) is 18.8 Å².